The molecular formula is C16H20N2O3. The number of methoxy groups -OCH3 is 2. The van der Waals surface area contributed by atoms with Crippen LogP contribution in [0.15, 0.2) is 29.1 Å². The second-order valence-corrected chi connectivity index (χ2v) is 4.83. The van der Waals surface area contributed by atoms with Crippen molar-refractivity contribution in [3.8, 4) is 17.2 Å². The van der Waals surface area contributed by atoms with Crippen molar-refractivity contribution in [2.45, 2.75) is 20.4 Å². The molecule has 0 unspecified atom stereocenters. The minimum Gasteiger partial charge on any atom is -0.497 e. The topological polar surface area (TPSA) is 66.5 Å². The van der Waals surface area contributed by atoms with E-state index >= 15 is 0 Å². The fraction of sp³-hybridized carbons (Fsp3) is 0.312. The Labute approximate surface area is 123 Å². The average Bonchev–Trinajstić information content (AvgIpc) is 2.47. The van der Waals surface area contributed by atoms with Gasteiger partial charge in [0, 0.05) is 23.9 Å². The van der Waals surface area contributed by atoms with Gasteiger partial charge in [-0.25, -0.2) is 0 Å². The normalized spacial score (nSPS) is 10.5. The zero-order chi connectivity index (χ0) is 15.6. The third kappa shape index (κ3) is 2.64. The molecule has 0 aliphatic carbocycles. The molecule has 0 bridgehead atoms. The van der Waals surface area contributed by atoms with E-state index in [1.807, 2.05) is 26.0 Å². The van der Waals surface area contributed by atoms with Crippen molar-refractivity contribution in [3.05, 3.63) is 51.4 Å². The molecule has 0 radical (unpaired) electrons. The summed E-state index contributed by atoms with van der Waals surface area (Å²) in [5, 5.41) is 0. The molecule has 0 fully saturated rings. The maximum Gasteiger partial charge on any atom is 0.260 e. The standard InChI is InChI=1S/C16H20N2O3/c1-10-7-11(2)18(16(19)13(10)9-17)14-6-5-12(20-3)8-15(14)21-4/h5-8H,9,17H2,1-4H3. The Balaban J connectivity index is 2.76. The van der Waals surface area contributed by atoms with Crippen molar-refractivity contribution in [2.24, 2.45) is 5.73 Å². The minimum absolute atomic E-state index is 0.113. The highest BCUT2D eigenvalue weighted by molar-refractivity contribution is 5.52. The Hall–Kier alpha value is -2.27. The molecule has 112 valence electrons. The van der Waals surface area contributed by atoms with Crippen LogP contribution in [0.5, 0.6) is 11.5 Å². The molecule has 5 heteroatoms. The second-order valence-electron chi connectivity index (χ2n) is 4.83. The Morgan fingerprint density at radius 1 is 1.14 bits per heavy atom. The molecule has 5 nitrogen and oxygen atoms in total. The predicted molar refractivity (Wildman–Crippen MR) is 82.5 cm³/mol. The molecule has 2 aromatic rings. The Kier molecular flexibility index (Phi) is 4.33. The van der Waals surface area contributed by atoms with E-state index in [1.165, 1.54) is 0 Å². The molecule has 1 aromatic carbocycles. The van der Waals surface area contributed by atoms with Gasteiger partial charge in [0.15, 0.2) is 0 Å². The maximum absolute atomic E-state index is 12.7. The van der Waals surface area contributed by atoms with Crippen LogP contribution in [0, 0.1) is 13.8 Å². The van der Waals surface area contributed by atoms with E-state index in [0.717, 1.165) is 11.3 Å². The molecule has 0 saturated heterocycles. The quantitative estimate of drug-likeness (QED) is 0.933. The van der Waals surface area contributed by atoms with Crippen molar-refractivity contribution < 1.29 is 9.47 Å². The Morgan fingerprint density at radius 3 is 2.43 bits per heavy atom. The van der Waals surface area contributed by atoms with Gasteiger partial charge in [-0.05, 0) is 37.6 Å². The fourth-order valence-corrected chi connectivity index (χ4v) is 2.45. The number of aromatic nitrogens is 1. The molecule has 0 atom stereocenters. The van der Waals surface area contributed by atoms with Crippen molar-refractivity contribution >= 4 is 0 Å². The number of hydrogen-bond donors (Lipinski definition) is 1. The SMILES string of the molecule is COc1ccc(-n2c(C)cc(C)c(CN)c2=O)c(OC)c1. The number of hydrogen-bond acceptors (Lipinski definition) is 4. The molecule has 0 saturated carbocycles. The van der Waals surface area contributed by atoms with Gasteiger partial charge in [0.25, 0.3) is 5.56 Å². The molecular weight excluding hydrogens is 268 g/mol. The van der Waals surface area contributed by atoms with Crippen LogP contribution in [-0.2, 0) is 6.54 Å². The lowest BCUT2D eigenvalue weighted by Gasteiger charge is -2.17. The summed E-state index contributed by atoms with van der Waals surface area (Å²) in [6, 6.07) is 7.31. The molecule has 2 N–H and O–H groups in total. The summed E-state index contributed by atoms with van der Waals surface area (Å²) in [4.78, 5) is 12.7. The van der Waals surface area contributed by atoms with Gasteiger partial charge in [0.2, 0.25) is 0 Å². The lowest BCUT2D eigenvalue weighted by molar-refractivity contribution is 0.393. The van der Waals surface area contributed by atoms with Gasteiger partial charge in [-0.2, -0.15) is 0 Å². The highest BCUT2D eigenvalue weighted by Crippen LogP contribution is 2.28. The fourth-order valence-electron chi connectivity index (χ4n) is 2.45. The van der Waals surface area contributed by atoms with Crippen LogP contribution in [0.4, 0.5) is 0 Å². The van der Waals surface area contributed by atoms with Gasteiger partial charge in [-0.1, -0.05) is 0 Å². The highest BCUT2D eigenvalue weighted by Gasteiger charge is 2.14. The zero-order valence-corrected chi connectivity index (χ0v) is 12.8. The van der Waals surface area contributed by atoms with Gasteiger partial charge in [0.05, 0.1) is 19.9 Å². The van der Waals surface area contributed by atoms with Crippen molar-refractivity contribution in [1.29, 1.82) is 0 Å². The van der Waals surface area contributed by atoms with E-state index in [2.05, 4.69) is 0 Å². The van der Waals surface area contributed by atoms with Crippen LogP contribution in [0.2, 0.25) is 0 Å². The molecule has 2 rings (SSSR count). The summed E-state index contributed by atoms with van der Waals surface area (Å²) in [6.45, 7) is 3.99. The van der Waals surface area contributed by atoms with Crippen LogP contribution in [0.1, 0.15) is 16.8 Å². The van der Waals surface area contributed by atoms with Crippen molar-refractivity contribution in [3.63, 3.8) is 0 Å². The van der Waals surface area contributed by atoms with Crippen LogP contribution in [0.25, 0.3) is 5.69 Å². The summed E-state index contributed by atoms with van der Waals surface area (Å²) in [5.74, 6) is 1.25. The Morgan fingerprint density at radius 2 is 1.86 bits per heavy atom. The van der Waals surface area contributed by atoms with Crippen molar-refractivity contribution in [1.82, 2.24) is 4.57 Å². The van der Waals surface area contributed by atoms with E-state index in [4.69, 9.17) is 15.2 Å². The smallest absolute Gasteiger partial charge is 0.260 e. The largest absolute Gasteiger partial charge is 0.497 e. The molecule has 0 spiro atoms. The zero-order valence-electron chi connectivity index (χ0n) is 12.8. The third-order valence-electron chi connectivity index (χ3n) is 3.55. The first kappa shape index (κ1) is 15.1. The number of nitrogens with two attached hydrogens (primary N) is 1. The van der Waals surface area contributed by atoms with Crippen LogP contribution >= 0.6 is 0 Å². The molecule has 1 heterocycles. The highest BCUT2D eigenvalue weighted by atomic mass is 16.5. The van der Waals surface area contributed by atoms with E-state index in [-0.39, 0.29) is 12.1 Å². The molecule has 0 aliphatic rings. The van der Waals surface area contributed by atoms with E-state index in [9.17, 15) is 4.79 Å². The summed E-state index contributed by atoms with van der Waals surface area (Å²) in [5.41, 5.74) is 8.61. The third-order valence-corrected chi connectivity index (χ3v) is 3.55. The number of nitrogens with zero attached hydrogens (tertiary/aromatic N) is 1. The van der Waals surface area contributed by atoms with E-state index in [0.29, 0.717) is 22.7 Å². The van der Waals surface area contributed by atoms with E-state index in [1.54, 1.807) is 30.9 Å². The van der Waals surface area contributed by atoms with Crippen LogP contribution in [-0.4, -0.2) is 18.8 Å². The summed E-state index contributed by atoms with van der Waals surface area (Å²) in [7, 11) is 3.15. The lowest BCUT2D eigenvalue weighted by Crippen LogP contribution is -2.27. The minimum atomic E-state index is -0.113. The number of benzene rings is 1. The lowest BCUT2D eigenvalue weighted by atomic mass is 10.1. The number of aryl methyl sites for hydroxylation is 2. The first-order chi connectivity index (χ1) is 10.0. The predicted octanol–water partition coefficient (Wildman–Crippen LogP) is 1.93. The van der Waals surface area contributed by atoms with Gasteiger partial charge >= 0.3 is 0 Å². The maximum atomic E-state index is 12.7. The van der Waals surface area contributed by atoms with Crippen LogP contribution in [0.3, 0.4) is 0 Å². The van der Waals surface area contributed by atoms with E-state index < -0.39 is 0 Å². The summed E-state index contributed by atoms with van der Waals surface area (Å²) in [6.07, 6.45) is 0. The molecule has 0 aliphatic heterocycles. The number of rotatable bonds is 4. The molecule has 1 aromatic heterocycles. The van der Waals surface area contributed by atoms with Gasteiger partial charge in [0.1, 0.15) is 11.5 Å². The summed E-state index contributed by atoms with van der Waals surface area (Å²) >= 11 is 0. The number of pyridine rings is 1. The number of ether oxygens (including phenoxy) is 2. The van der Waals surface area contributed by atoms with Gasteiger partial charge in [-0.3, -0.25) is 9.36 Å². The van der Waals surface area contributed by atoms with Gasteiger partial charge in [-0.15, -0.1) is 0 Å². The average molecular weight is 288 g/mol. The Bertz CT molecular complexity index is 720. The molecule has 21 heavy (non-hydrogen) atoms. The van der Waals surface area contributed by atoms with Gasteiger partial charge < -0.3 is 15.2 Å². The monoisotopic (exact) mass is 288 g/mol. The second kappa shape index (κ2) is 6.01. The van der Waals surface area contributed by atoms with Crippen molar-refractivity contribution in [2.75, 3.05) is 14.2 Å². The summed E-state index contributed by atoms with van der Waals surface area (Å²) < 4.78 is 12.2. The first-order valence-corrected chi connectivity index (χ1v) is 6.68. The molecule has 0 amide bonds. The van der Waals surface area contributed by atoms with Crippen LogP contribution < -0.4 is 20.8 Å². The first-order valence-electron chi connectivity index (χ1n) is 6.68.